The Bertz CT molecular complexity index is 811. The number of nitrogens with zero attached hydrogens (tertiary/aromatic N) is 2. The minimum absolute atomic E-state index is 0.505. The van der Waals surface area contributed by atoms with Crippen molar-refractivity contribution in [2.75, 3.05) is 6.61 Å². The zero-order chi connectivity index (χ0) is 17.1. The van der Waals surface area contributed by atoms with Crippen LogP contribution in [0.3, 0.4) is 0 Å². The van der Waals surface area contributed by atoms with Crippen LogP contribution in [0.2, 0.25) is 5.02 Å². The summed E-state index contributed by atoms with van der Waals surface area (Å²) >= 11 is 7.82. The number of aryl methyl sites for hydroxylation is 1. The third-order valence-corrected chi connectivity index (χ3v) is 5.12. The van der Waals surface area contributed by atoms with Gasteiger partial charge in [-0.15, -0.1) is 11.3 Å². The molecular weight excluding hydrogens is 342 g/mol. The molecule has 2 aromatic rings. The van der Waals surface area contributed by atoms with Gasteiger partial charge in [0.15, 0.2) is 0 Å². The van der Waals surface area contributed by atoms with Crippen molar-refractivity contribution in [2.24, 2.45) is 10.1 Å². The van der Waals surface area contributed by atoms with Crippen molar-refractivity contribution in [3.05, 3.63) is 50.9 Å². The first-order chi connectivity index (χ1) is 11.5. The van der Waals surface area contributed by atoms with E-state index in [1.165, 1.54) is 16.0 Å². The summed E-state index contributed by atoms with van der Waals surface area (Å²) in [6, 6.07) is 8.00. The molecule has 2 heterocycles. The summed E-state index contributed by atoms with van der Waals surface area (Å²) in [6.45, 7) is 7.05. The van der Waals surface area contributed by atoms with Gasteiger partial charge in [-0.25, -0.2) is 4.99 Å². The fourth-order valence-corrected chi connectivity index (χ4v) is 3.93. The predicted octanol–water partition coefficient (Wildman–Crippen LogP) is 4.85. The molecule has 4 nitrogen and oxygen atoms in total. The van der Waals surface area contributed by atoms with Crippen molar-refractivity contribution in [1.29, 1.82) is 0 Å². The van der Waals surface area contributed by atoms with Gasteiger partial charge in [-0.3, -0.25) is 5.43 Å². The number of benzene rings is 1. The predicted molar refractivity (Wildman–Crippen MR) is 102 cm³/mol. The first-order valence-corrected chi connectivity index (χ1v) is 9.00. The number of hydrogen-bond acceptors (Lipinski definition) is 5. The Labute approximate surface area is 151 Å². The van der Waals surface area contributed by atoms with Crippen LogP contribution < -0.4 is 5.43 Å². The number of halogens is 1. The number of amidine groups is 1. The molecule has 1 aliphatic rings. The van der Waals surface area contributed by atoms with E-state index in [0.717, 1.165) is 33.6 Å². The Hall–Kier alpha value is -1.69. The highest BCUT2D eigenvalue weighted by Gasteiger charge is 2.17. The number of rotatable bonds is 2. The van der Waals surface area contributed by atoms with Crippen LogP contribution >= 0.6 is 22.9 Å². The van der Waals surface area contributed by atoms with Crippen molar-refractivity contribution in [1.82, 2.24) is 5.43 Å². The molecule has 0 amide bonds. The number of thiophene rings is 1. The fraction of sp³-hybridized carbons (Fsp3) is 0.333. The quantitative estimate of drug-likeness (QED) is 0.831. The molecule has 1 aliphatic heterocycles. The fourth-order valence-electron chi connectivity index (χ4n) is 2.62. The van der Waals surface area contributed by atoms with Crippen LogP contribution in [0.15, 0.2) is 34.4 Å². The van der Waals surface area contributed by atoms with Gasteiger partial charge >= 0.3 is 0 Å². The van der Waals surface area contributed by atoms with Gasteiger partial charge in [-0.1, -0.05) is 23.7 Å². The summed E-state index contributed by atoms with van der Waals surface area (Å²) in [4.78, 5) is 5.95. The lowest BCUT2D eigenvalue weighted by Crippen LogP contribution is -2.18. The van der Waals surface area contributed by atoms with Gasteiger partial charge in [0.25, 0.3) is 0 Å². The van der Waals surface area contributed by atoms with Gasteiger partial charge in [-0.2, -0.15) is 5.10 Å². The highest BCUT2D eigenvalue weighted by Crippen LogP contribution is 2.37. The highest BCUT2D eigenvalue weighted by molar-refractivity contribution is 7.16. The lowest BCUT2D eigenvalue weighted by molar-refractivity contribution is 0.157. The molecular formula is C18H20ClN3OS. The number of aliphatic imine (C=N–C) groups is 1. The summed E-state index contributed by atoms with van der Waals surface area (Å²) in [6.07, 6.45) is 0.830. The lowest BCUT2D eigenvalue weighted by atomic mass is 10.0. The van der Waals surface area contributed by atoms with Crippen LogP contribution in [0, 0.1) is 6.92 Å². The molecule has 24 heavy (non-hydrogen) atoms. The van der Waals surface area contributed by atoms with Crippen molar-refractivity contribution in [3.8, 4) is 0 Å². The van der Waals surface area contributed by atoms with Gasteiger partial charge in [0.05, 0.1) is 18.9 Å². The van der Waals surface area contributed by atoms with Crippen molar-refractivity contribution in [3.63, 3.8) is 0 Å². The van der Waals surface area contributed by atoms with E-state index in [9.17, 15) is 0 Å². The smallest absolute Gasteiger partial charge is 0.124 e. The van der Waals surface area contributed by atoms with Crippen LogP contribution in [0.5, 0.6) is 0 Å². The number of ether oxygens (including phenoxy) is 1. The summed E-state index contributed by atoms with van der Waals surface area (Å²) in [7, 11) is 0. The number of hydrazone groups is 1. The van der Waals surface area contributed by atoms with Crippen LogP contribution in [0.25, 0.3) is 0 Å². The minimum Gasteiger partial charge on any atom is -0.371 e. The Morgan fingerprint density at radius 3 is 2.88 bits per heavy atom. The van der Waals surface area contributed by atoms with Crippen LogP contribution in [-0.2, 0) is 17.8 Å². The van der Waals surface area contributed by atoms with Gasteiger partial charge in [0.1, 0.15) is 10.8 Å². The molecule has 0 unspecified atom stereocenters. The molecule has 0 saturated heterocycles. The van der Waals surface area contributed by atoms with E-state index in [-0.39, 0.29) is 0 Å². The zero-order valence-corrected chi connectivity index (χ0v) is 15.6. The highest BCUT2D eigenvalue weighted by atomic mass is 35.5. The molecule has 3 rings (SSSR count). The largest absolute Gasteiger partial charge is 0.371 e. The average molecular weight is 362 g/mol. The molecule has 0 atom stereocenters. The molecule has 1 aromatic heterocycles. The molecule has 6 heteroatoms. The third kappa shape index (κ3) is 4.04. The van der Waals surface area contributed by atoms with Gasteiger partial charge in [0.2, 0.25) is 0 Å². The topological polar surface area (TPSA) is 46.0 Å². The Morgan fingerprint density at radius 1 is 1.25 bits per heavy atom. The summed E-state index contributed by atoms with van der Waals surface area (Å²) in [5.41, 5.74) is 7.51. The first-order valence-electron chi connectivity index (χ1n) is 7.80. The minimum atomic E-state index is 0.505. The van der Waals surface area contributed by atoms with Crippen molar-refractivity contribution in [2.45, 2.75) is 33.8 Å². The van der Waals surface area contributed by atoms with E-state index in [0.29, 0.717) is 13.2 Å². The van der Waals surface area contributed by atoms with E-state index in [4.69, 9.17) is 16.3 Å². The standard InChI is InChI=1S/C18H20ClN3OS/c1-11-9-23-10-17-16(8-14-5-4-6-15(19)7-14)12(2)24-18(17)20-13(3)22-21-11/h4-7H,8-10H2,1-3H3,(H,20,22)/b21-11+. The molecule has 1 N–H and O–H groups in total. The maximum Gasteiger partial charge on any atom is 0.124 e. The monoisotopic (exact) mass is 361 g/mol. The summed E-state index contributed by atoms with van der Waals surface area (Å²) < 4.78 is 5.84. The zero-order valence-electron chi connectivity index (χ0n) is 14.0. The lowest BCUT2D eigenvalue weighted by Gasteiger charge is -2.11. The van der Waals surface area contributed by atoms with E-state index in [1.807, 2.05) is 32.0 Å². The van der Waals surface area contributed by atoms with E-state index >= 15 is 0 Å². The molecule has 0 fully saturated rings. The summed E-state index contributed by atoms with van der Waals surface area (Å²) in [5, 5.41) is 6.00. The maximum atomic E-state index is 6.13. The molecule has 126 valence electrons. The maximum absolute atomic E-state index is 6.13. The number of nitrogens with one attached hydrogen (secondary N) is 1. The molecule has 0 spiro atoms. The van der Waals surface area contributed by atoms with Gasteiger partial charge < -0.3 is 4.74 Å². The van der Waals surface area contributed by atoms with Gasteiger partial charge in [0, 0.05) is 15.5 Å². The molecule has 0 radical (unpaired) electrons. The van der Waals surface area contributed by atoms with Crippen LogP contribution in [0.1, 0.15) is 35.4 Å². The SMILES string of the molecule is CC1=Nc2sc(C)c(Cc3cccc(Cl)c3)c2COC/C(C)=N/N1. The van der Waals surface area contributed by atoms with Crippen molar-refractivity contribution < 1.29 is 4.74 Å². The van der Waals surface area contributed by atoms with E-state index in [2.05, 4.69) is 28.5 Å². The van der Waals surface area contributed by atoms with Crippen LogP contribution in [-0.4, -0.2) is 18.2 Å². The molecule has 0 aliphatic carbocycles. The van der Waals surface area contributed by atoms with E-state index in [1.54, 1.807) is 11.3 Å². The third-order valence-electron chi connectivity index (χ3n) is 3.80. The van der Waals surface area contributed by atoms with Crippen molar-refractivity contribution >= 4 is 39.5 Å². The molecule has 0 bridgehead atoms. The average Bonchev–Trinajstić information content (AvgIpc) is 2.81. The molecule has 1 aromatic carbocycles. The Kier molecular flexibility index (Phi) is 5.33. The second-order valence-corrected chi connectivity index (χ2v) is 7.52. The molecule has 0 saturated carbocycles. The number of hydrogen-bond donors (Lipinski definition) is 1. The Balaban J connectivity index is 1.98. The summed E-state index contributed by atoms with van der Waals surface area (Å²) in [5.74, 6) is 0.785. The first kappa shape index (κ1) is 17.1. The van der Waals surface area contributed by atoms with Gasteiger partial charge in [-0.05, 0) is 50.5 Å². The van der Waals surface area contributed by atoms with Crippen LogP contribution in [0.4, 0.5) is 5.00 Å². The Morgan fingerprint density at radius 2 is 2.08 bits per heavy atom. The van der Waals surface area contributed by atoms with E-state index < -0.39 is 0 Å². The second kappa shape index (κ2) is 7.47. The number of fused-ring (bicyclic) bond motifs is 1. The second-order valence-electron chi connectivity index (χ2n) is 5.88. The normalized spacial score (nSPS) is 17.3.